The van der Waals surface area contributed by atoms with Gasteiger partial charge in [-0.2, -0.15) is 0 Å². The molecule has 1 fully saturated rings. The van der Waals surface area contributed by atoms with E-state index >= 15 is 0 Å². The van der Waals surface area contributed by atoms with Crippen molar-refractivity contribution < 1.29 is 29.0 Å². The monoisotopic (exact) mass is 383 g/mol. The Hall–Kier alpha value is -1.46. The van der Waals surface area contributed by atoms with Crippen LogP contribution in [0.4, 0.5) is 0 Å². The minimum atomic E-state index is -2.12. The molecular formula is C22H36O5. The molecule has 0 spiro atoms. The summed E-state index contributed by atoms with van der Waals surface area (Å²) < 4.78 is 23.0. The van der Waals surface area contributed by atoms with Gasteiger partial charge in [-0.25, -0.2) is 4.79 Å². The van der Waals surface area contributed by atoms with Crippen molar-refractivity contribution in [3.63, 3.8) is 0 Å². The molecule has 0 aromatic heterocycles. The van der Waals surface area contributed by atoms with Gasteiger partial charge in [0, 0.05) is 28.4 Å². The molecule has 27 heavy (non-hydrogen) atoms. The van der Waals surface area contributed by atoms with E-state index in [1.807, 2.05) is 6.92 Å². The summed E-state index contributed by atoms with van der Waals surface area (Å²) >= 11 is 0. The molecule has 0 heterocycles. The molecular weight excluding hydrogens is 344 g/mol. The molecule has 0 aromatic rings. The van der Waals surface area contributed by atoms with Crippen molar-refractivity contribution in [1.29, 1.82) is 0 Å². The summed E-state index contributed by atoms with van der Waals surface area (Å²) in [5.41, 5.74) is 0. The number of hydrogen-bond acceptors (Lipinski definition) is 4. The van der Waals surface area contributed by atoms with Gasteiger partial charge in [-0.05, 0) is 31.6 Å². The Labute approximate surface area is 167 Å². The molecule has 5 nitrogen and oxygen atoms in total. The number of aliphatic hydroxyl groups excluding tert-OH is 2. The van der Waals surface area contributed by atoms with E-state index in [1.165, 1.54) is 6.08 Å². The zero-order valence-corrected chi connectivity index (χ0v) is 16.2. The molecule has 0 bridgehead atoms. The molecule has 1 aliphatic carbocycles. The molecule has 1 aliphatic rings. The van der Waals surface area contributed by atoms with Gasteiger partial charge in [0.05, 0.1) is 12.2 Å². The topological polar surface area (TPSA) is 94.8 Å². The molecule has 0 amide bonds. The van der Waals surface area contributed by atoms with Crippen molar-refractivity contribution in [3.8, 4) is 0 Å². The zero-order valence-electron chi connectivity index (χ0n) is 19.2. The maximum Gasteiger partial charge on any atom is 0.327 e. The molecule has 3 N–H and O–H groups in total. The van der Waals surface area contributed by atoms with Crippen LogP contribution in [0.3, 0.4) is 0 Å². The van der Waals surface area contributed by atoms with Gasteiger partial charge in [0.25, 0.3) is 0 Å². The smallest absolute Gasteiger partial charge is 0.327 e. The average Bonchev–Trinajstić information content (AvgIpc) is 2.91. The average molecular weight is 384 g/mol. The first-order valence-electron chi connectivity index (χ1n) is 11.5. The Morgan fingerprint density at radius 3 is 2.81 bits per heavy atom. The Morgan fingerprint density at radius 1 is 1.37 bits per heavy atom. The maximum absolute atomic E-state index is 12.3. The third kappa shape index (κ3) is 9.34. The van der Waals surface area contributed by atoms with Crippen molar-refractivity contribution in [2.45, 2.75) is 83.8 Å². The van der Waals surface area contributed by atoms with Gasteiger partial charge in [0.15, 0.2) is 0 Å². The number of carboxylic acids is 1. The van der Waals surface area contributed by atoms with Crippen LogP contribution in [0.15, 0.2) is 24.3 Å². The fraction of sp³-hybridized carbons (Fsp3) is 0.727. The number of aliphatic hydroxyl groups is 2. The van der Waals surface area contributed by atoms with Crippen LogP contribution in [-0.2, 0) is 9.59 Å². The van der Waals surface area contributed by atoms with Gasteiger partial charge in [-0.15, -0.1) is 0 Å². The van der Waals surface area contributed by atoms with E-state index in [9.17, 15) is 19.8 Å². The fourth-order valence-corrected chi connectivity index (χ4v) is 3.60. The number of carboxylic acid groups (broad SMARTS) is 1. The highest BCUT2D eigenvalue weighted by atomic mass is 16.4. The first-order chi connectivity index (χ1) is 14.1. The third-order valence-electron chi connectivity index (χ3n) is 5.12. The van der Waals surface area contributed by atoms with Crippen LogP contribution < -0.4 is 0 Å². The predicted octanol–water partition coefficient (Wildman–Crippen LogP) is 3.89. The molecule has 0 aliphatic heterocycles. The summed E-state index contributed by atoms with van der Waals surface area (Å²) in [6.45, 7) is -0.127. The van der Waals surface area contributed by atoms with E-state index in [4.69, 9.17) is 9.22 Å². The summed E-state index contributed by atoms with van der Waals surface area (Å²) in [5.74, 6) is -2.28. The van der Waals surface area contributed by atoms with Gasteiger partial charge in [0.2, 0.25) is 0 Å². The standard InChI is InChI=1S/C22H36O5/c1-3-4-9-16(2)14-17(23)12-13-19-18(20(24)15-21(19)25)10-7-5-6-8-11-22(26)27/h8,11-13,16-19,21,23,25H,3-7,9-10,14-15H2,1-2H3,(H,26,27)/b11-8+,13-12+/t16-,17+,18+,19+,21+/m0/s1/i2D3. The lowest BCUT2D eigenvalue weighted by Gasteiger charge is -2.18. The SMILES string of the molecule is [2H]C([2H])([2H])[C@@H](CCCC)C[C@H](O)/C=C/[C@H]1[C@H](O)CC(=O)[C@@H]1CCCC/C=C/C(=O)O. The number of ketones is 1. The Bertz CT molecular complexity index is 600. The molecule has 154 valence electrons. The second kappa shape index (κ2) is 12.8. The lowest BCUT2D eigenvalue weighted by atomic mass is 9.88. The van der Waals surface area contributed by atoms with Crippen molar-refractivity contribution in [2.75, 3.05) is 0 Å². The van der Waals surface area contributed by atoms with Crippen LogP contribution in [0, 0.1) is 17.8 Å². The molecule has 1 saturated carbocycles. The lowest BCUT2D eigenvalue weighted by molar-refractivity contribution is -0.131. The van der Waals surface area contributed by atoms with Gasteiger partial charge in [-0.3, -0.25) is 4.79 Å². The maximum atomic E-state index is 12.3. The molecule has 0 saturated heterocycles. The summed E-state index contributed by atoms with van der Waals surface area (Å²) in [6, 6.07) is 0. The Kier molecular flexibility index (Phi) is 8.98. The summed E-state index contributed by atoms with van der Waals surface area (Å²) in [4.78, 5) is 22.7. The van der Waals surface area contributed by atoms with Crippen LogP contribution in [0.25, 0.3) is 0 Å². The van der Waals surface area contributed by atoms with E-state index in [0.29, 0.717) is 19.3 Å². The van der Waals surface area contributed by atoms with Gasteiger partial charge in [-0.1, -0.05) is 57.7 Å². The first kappa shape index (κ1) is 18.9. The van der Waals surface area contributed by atoms with Crippen LogP contribution in [-0.4, -0.2) is 39.3 Å². The number of aliphatic carboxylic acids is 1. The number of unbranched alkanes of at least 4 members (excludes halogenated alkanes) is 3. The summed E-state index contributed by atoms with van der Waals surface area (Å²) in [6.07, 6.45) is 9.28. The molecule has 1 rings (SSSR count). The van der Waals surface area contributed by atoms with E-state index in [-0.39, 0.29) is 30.5 Å². The molecule has 0 aromatic carbocycles. The molecule has 5 atom stereocenters. The Morgan fingerprint density at radius 2 is 2.15 bits per heavy atom. The second-order valence-corrected chi connectivity index (χ2v) is 7.47. The number of Topliss-reactive ketones (excluding diaryl/α,β-unsaturated/α-hetero) is 1. The predicted molar refractivity (Wildman–Crippen MR) is 106 cm³/mol. The molecule has 5 heteroatoms. The normalized spacial score (nSPS) is 27.6. The summed E-state index contributed by atoms with van der Waals surface area (Å²) in [5, 5.41) is 29.2. The first-order valence-corrected chi connectivity index (χ1v) is 10.0. The number of rotatable bonds is 13. The van der Waals surface area contributed by atoms with Gasteiger partial charge in [0.1, 0.15) is 5.78 Å². The Balaban J connectivity index is 2.62. The van der Waals surface area contributed by atoms with Crippen LogP contribution in [0.1, 0.15) is 75.7 Å². The van der Waals surface area contributed by atoms with E-state index in [1.54, 1.807) is 12.2 Å². The largest absolute Gasteiger partial charge is 0.478 e. The van der Waals surface area contributed by atoms with E-state index < -0.39 is 30.9 Å². The van der Waals surface area contributed by atoms with E-state index in [2.05, 4.69) is 0 Å². The van der Waals surface area contributed by atoms with Gasteiger partial charge < -0.3 is 15.3 Å². The zero-order chi connectivity index (χ0) is 22.7. The van der Waals surface area contributed by atoms with Crippen molar-refractivity contribution in [1.82, 2.24) is 0 Å². The fourth-order valence-electron chi connectivity index (χ4n) is 3.60. The lowest BCUT2D eigenvalue weighted by Crippen LogP contribution is -2.19. The molecule has 0 radical (unpaired) electrons. The van der Waals surface area contributed by atoms with Crippen molar-refractivity contribution in [2.24, 2.45) is 17.8 Å². The number of allylic oxidation sites excluding steroid dienone is 1. The highest BCUT2D eigenvalue weighted by Gasteiger charge is 2.39. The van der Waals surface area contributed by atoms with Crippen LogP contribution in [0.5, 0.6) is 0 Å². The van der Waals surface area contributed by atoms with Crippen LogP contribution >= 0.6 is 0 Å². The second-order valence-electron chi connectivity index (χ2n) is 7.47. The number of hydrogen-bond donors (Lipinski definition) is 3. The summed E-state index contributed by atoms with van der Waals surface area (Å²) in [7, 11) is 0. The van der Waals surface area contributed by atoms with Crippen LogP contribution in [0.2, 0.25) is 0 Å². The van der Waals surface area contributed by atoms with Gasteiger partial charge >= 0.3 is 5.97 Å². The van der Waals surface area contributed by atoms with Crippen molar-refractivity contribution in [3.05, 3.63) is 24.3 Å². The minimum absolute atomic E-state index is 0.00367. The van der Waals surface area contributed by atoms with Crippen molar-refractivity contribution >= 4 is 11.8 Å². The highest BCUT2D eigenvalue weighted by molar-refractivity contribution is 5.84. The molecule has 0 unspecified atom stereocenters. The quantitative estimate of drug-likeness (QED) is 0.255. The minimum Gasteiger partial charge on any atom is -0.478 e. The number of carbonyl (C=O) groups excluding carboxylic acids is 1. The third-order valence-corrected chi connectivity index (χ3v) is 5.12. The highest BCUT2D eigenvalue weighted by Crippen LogP contribution is 2.34. The number of carbonyl (C=O) groups is 2. The van der Waals surface area contributed by atoms with E-state index in [0.717, 1.165) is 31.8 Å².